The van der Waals surface area contributed by atoms with Crippen molar-refractivity contribution in [3.05, 3.63) is 83.6 Å². The van der Waals surface area contributed by atoms with Crippen LogP contribution >= 0.6 is 0 Å². The predicted molar refractivity (Wildman–Crippen MR) is 110 cm³/mol. The molecule has 0 N–H and O–H groups in total. The molecule has 0 atom stereocenters. The molecule has 0 saturated carbocycles. The molecule has 0 aliphatic carbocycles. The van der Waals surface area contributed by atoms with Crippen LogP contribution in [0.15, 0.2) is 83.6 Å². The van der Waals surface area contributed by atoms with E-state index in [-0.39, 0.29) is 0 Å². The van der Waals surface area contributed by atoms with E-state index in [1.807, 2.05) is 26.8 Å². The van der Waals surface area contributed by atoms with Gasteiger partial charge in [-0.15, -0.1) is 0 Å². The van der Waals surface area contributed by atoms with Crippen LogP contribution in [0.5, 0.6) is 0 Å². The van der Waals surface area contributed by atoms with E-state index >= 15 is 0 Å². The minimum absolute atomic E-state index is 1.06. The largest absolute Gasteiger partial charge is 0.0990 e. The van der Waals surface area contributed by atoms with Crippen molar-refractivity contribution in [3.8, 4) is 0 Å². The molecule has 0 aromatic carbocycles. The van der Waals surface area contributed by atoms with E-state index in [1.54, 1.807) is 0 Å². The number of hydrogen-bond donors (Lipinski definition) is 0. The summed E-state index contributed by atoms with van der Waals surface area (Å²) in [6, 6.07) is 0. The summed E-state index contributed by atoms with van der Waals surface area (Å²) in [6.07, 6.45) is 21.1. The smallest absolute Gasteiger partial charge is 0.0150 e. The van der Waals surface area contributed by atoms with E-state index in [0.717, 1.165) is 12.8 Å². The van der Waals surface area contributed by atoms with Gasteiger partial charge in [0.25, 0.3) is 0 Å². The molecule has 0 nitrogen and oxygen atoms in total. The number of allylic oxidation sites excluding steroid dienone is 13. The second-order valence-electron chi connectivity index (χ2n) is 4.88. The summed E-state index contributed by atoms with van der Waals surface area (Å²) in [5.41, 5.74) is 5.15. The first-order valence-corrected chi connectivity index (χ1v) is 8.77. The Morgan fingerprint density at radius 3 is 1.96 bits per heavy atom. The zero-order valence-electron chi connectivity index (χ0n) is 16.3. The Kier molecular flexibility index (Phi) is 16.9. The van der Waals surface area contributed by atoms with Crippen LogP contribution in [-0.2, 0) is 0 Å². The zero-order valence-corrected chi connectivity index (χ0v) is 16.3. The van der Waals surface area contributed by atoms with Crippen LogP contribution < -0.4 is 0 Å². The maximum absolute atomic E-state index is 3.88. The summed E-state index contributed by atoms with van der Waals surface area (Å²) >= 11 is 0. The summed E-state index contributed by atoms with van der Waals surface area (Å²) in [5.74, 6) is 0. The van der Waals surface area contributed by atoms with Gasteiger partial charge in [-0.3, -0.25) is 0 Å². The van der Waals surface area contributed by atoms with Gasteiger partial charge in [-0.1, -0.05) is 88.5 Å². The van der Waals surface area contributed by atoms with Gasteiger partial charge in [0.05, 0.1) is 0 Å². The average Bonchev–Trinajstić information content (AvgIpc) is 2.57. The van der Waals surface area contributed by atoms with E-state index in [9.17, 15) is 0 Å². The van der Waals surface area contributed by atoms with E-state index in [4.69, 9.17) is 0 Å². The molecule has 0 aromatic heterocycles. The van der Waals surface area contributed by atoms with E-state index < -0.39 is 0 Å². The fraction of sp³-hybridized carbons (Fsp3) is 0.391. The molecule has 0 fully saturated rings. The molecule has 0 heterocycles. The molecule has 0 spiro atoms. The minimum Gasteiger partial charge on any atom is -0.0990 e. The molecular formula is C23H36. The van der Waals surface area contributed by atoms with Crippen molar-refractivity contribution in [2.24, 2.45) is 0 Å². The van der Waals surface area contributed by atoms with Crippen LogP contribution in [-0.4, -0.2) is 0 Å². The van der Waals surface area contributed by atoms with Gasteiger partial charge in [0, 0.05) is 0 Å². The molecule has 0 saturated heterocycles. The van der Waals surface area contributed by atoms with Crippen LogP contribution in [0, 0.1) is 0 Å². The van der Waals surface area contributed by atoms with Gasteiger partial charge >= 0.3 is 0 Å². The number of rotatable bonds is 8. The summed E-state index contributed by atoms with van der Waals surface area (Å²) in [7, 11) is 0. The highest BCUT2D eigenvalue weighted by atomic mass is 14.1. The minimum atomic E-state index is 1.06. The highest BCUT2D eigenvalue weighted by molar-refractivity contribution is 5.57. The molecule has 0 aromatic rings. The Morgan fingerprint density at radius 2 is 1.52 bits per heavy atom. The standard InChI is InChI=1S/C21H30.C2H6/c1-7-12-17-19(14-9-3)21(16-11-5)20(15-10-4)18(6)13-8-2;1-2/h7-8,10-13,15-17H,5,9,14H2,1-4,6H3;1-2H3/b12-7-,13-8-,15-10-,19-17-,20-18+,21-16+;. The van der Waals surface area contributed by atoms with Crippen LogP contribution in [0.25, 0.3) is 0 Å². The molecule has 0 amide bonds. The Hall–Kier alpha value is -1.82. The summed E-state index contributed by atoms with van der Waals surface area (Å²) in [4.78, 5) is 0. The van der Waals surface area contributed by atoms with E-state index in [1.165, 1.54) is 22.3 Å². The molecule has 128 valence electrons. The highest BCUT2D eigenvalue weighted by Crippen LogP contribution is 2.28. The zero-order chi connectivity index (χ0) is 18.1. The molecule has 0 aliphatic rings. The monoisotopic (exact) mass is 312 g/mol. The lowest BCUT2D eigenvalue weighted by Gasteiger charge is -2.15. The van der Waals surface area contributed by atoms with E-state index in [0.29, 0.717) is 0 Å². The lowest BCUT2D eigenvalue weighted by molar-refractivity contribution is 0.914. The molecular weight excluding hydrogens is 276 g/mol. The fourth-order valence-corrected chi connectivity index (χ4v) is 2.22. The van der Waals surface area contributed by atoms with Crippen LogP contribution in [0.2, 0.25) is 0 Å². The summed E-state index contributed by atoms with van der Waals surface area (Å²) in [6.45, 7) is 18.4. The molecule has 0 radical (unpaired) electrons. The van der Waals surface area contributed by atoms with Gasteiger partial charge in [0.1, 0.15) is 0 Å². The maximum Gasteiger partial charge on any atom is -0.0150 e. The van der Waals surface area contributed by atoms with Crippen molar-refractivity contribution >= 4 is 0 Å². The molecule has 23 heavy (non-hydrogen) atoms. The fourth-order valence-electron chi connectivity index (χ4n) is 2.22. The first-order valence-electron chi connectivity index (χ1n) is 8.77. The molecule has 0 aliphatic heterocycles. The maximum atomic E-state index is 3.88. The normalized spacial score (nSPS) is 14.2. The first-order chi connectivity index (χ1) is 11.2. The second kappa shape index (κ2) is 16.5. The second-order valence-corrected chi connectivity index (χ2v) is 4.88. The lowest BCUT2D eigenvalue weighted by Crippen LogP contribution is -1.96. The van der Waals surface area contributed by atoms with Gasteiger partial charge in [0.15, 0.2) is 0 Å². The molecule has 0 rings (SSSR count). The van der Waals surface area contributed by atoms with Gasteiger partial charge < -0.3 is 0 Å². The third kappa shape index (κ3) is 9.73. The summed E-state index contributed by atoms with van der Waals surface area (Å²) < 4.78 is 0. The third-order valence-electron chi connectivity index (χ3n) is 3.10. The van der Waals surface area contributed by atoms with Crippen molar-refractivity contribution in [2.75, 3.05) is 0 Å². The molecule has 0 bridgehead atoms. The first kappa shape index (κ1) is 23.4. The Bertz CT molecular complexity index is 488. The number of hydrogen-bond acceptors (Lipinski definition) is 0. The van der Waals surface area contributed by atoms with Crippen molar-refractivity contribution in [1.82, 2.24) is 0 Å². The van der Waals surface area contributed by atoms with Gasteiger partial charge in [-0.2, -0.15) is 0 Å². The van der Waals surface area contributed by atoms with Crippen LogP contribution in [0.3, 0.4) is 0 Å². The lowest BCUT2D eigenvalue weighted by atomic mass is 9.90. The topological polar surface area (TPSA) is 0 Å². The average molecular weight is 313 g/mol. The predicted octanol–water partition coefficient (Wildman–Crippen LogP) is 7.90. The highest BCUT2D eigenvalue weighted by Gasteiger charge is 2.09. The van der Waals surface area contributed by atoms with Crippen LogP contribution in [0.1, 0.15) is 61.3 Å². The summed E-state index contributed by atoms with van der Waals surface area (Å²) in [5, 5.41) is 0. The van der Waals surface area contributed by atoms with Crippen LogP contribution in [0.4, 0.5) is 0 Å². The third-order valence-corrected chi connectivity index (χ3v) is 3.10. The van der Waals surface area contributed by atoms with Crippen molar-refractivity contribution in [1.29, 1.82) is 0 Å². The Labute approximate surface area is 145 Å². The van der Waals surface area contributed by atoms with Crippen molar-refractivity contribution in [2.45, 2.75) is 61.3 Å². The van der Waals surface area contributed by atoms with Crippen molar-refractivity contribution < 1.29 is 0 Å². The van der Waals surface area contributed by atoms with E-state index in [2.05, 4.69) is 82.9 Å². The van der Waals surface area contributed by atoms with Gasteiger partial charge in [0.2, 0.25) is 0 Å². The SMILES string of the molecule is C=C/C=C(C(=C/C=C\C)\CCC)/C(/C=C\C)=C(C)/C=C\C.CC. The van der Waals surface area contributed by atoms with Gasteiger partial charge in [-0.05, 0) is 56.4 Å². The molecule has 0 heteroatoms. The Morgan fingerprint density at radius 1 is 0.913 bits per heavy atom. The molecule has 0 unspecified atom stereocenters. The van der Waals surface area contributed by atoms with Gasteiger partial charge in [-0.25, -0.2) is 0 Å². The Balaban J connectivity index is 0. The quantitative estimate of drug-likeness (QED) is 0.399. The van der Waals surface area contributed by atoms with Crippen molar-refractivity contribution in [3.63, 3.8) is 0 Å².